The van der Waals surface area contributed by atoms with Crippen molar-refractivity contribution in [2.45, 2.75) is 24.7 Å². The molecule has 1 fully saturated rings. The molecule has 0 bridgehead atoms. The fraction of sp³-hybridized carbons (Fsp3) is 0.212. The molecule has 38 heavy (non-hydrogen) atoms. The van der Waals surface area contributed by atoms with E-state index in [1.165, 1.54) is 0 Å². The summed E-state index contributed by atoms with van der Waals surface area (Å²) in [5.41, 5.74) is 6.21. The van der Waals surface area contributed by atoms with Gasteiger partial charge in [0.05, 0.1) is 12.5 Å². The molecule has 6 rings (SSSR count). The maximum Gasteiger partial charge on any atom is 0.307 e. The average Bonchev–Trinajstić information content (AvgIpc) is 2.93. The Bertz CT molecular complexity index is 1420. The van der Waals surface area contributed by atoms with Crippen LogP contribution >= 0.6 is 0 Å². The number of carboxylic acid groups (broad SMARTS) is 1. The first-order chi connectivity index (χ1) is 18.6. The van der Waals surface area contributed by atoms with Crippen molar-refractivity contribution in [3.8, 4) is 16.9 Å². The van der Waals surface area contributed by atoms with Crippen LogP contribution in [0.3, 0.4) is 0 Å². The van der Waals surface area contributed by atoms with Gasteiger partial charge in [-0.05, 0) is 58.5 Å². The number of aryl methyl sites for hydroxylation is 1. The molecule has 0 saturated heterocycles. The first-order valence-electron chi connectivity index (χ1n) is 13.1. The number of aliphatic carboxylic acids is 1. The summed E-state index contributed by atoms with van der Waals surface area (Å²) in [5, 5.41) is 13.1. The Hall–Kier alpha value is -4.38. The Labute approximate surface area is 222 Å². The molecule has 1 heterocycles. The molecule has 1 amide bonds. The van der Waals surface area contributed by atoms with E-state index in [0.29, 0.717) is 13.0 Å². The highest BCUT2D eigenvalue weighted by atomic mass is 16.5. The molecule has 4 aromatic rings. The van der Waals surface area contributed by atoms with E-state index in [2.05, 4.69) is 17.4 Å². The lowest BCUT2D eigenvalue weighted by Crippen LogP contribution is -2.49. The van der Waals surface area contributed by atoms with Gasteiger partial charge in [0.1, 0.15) is 5.75 Å². The van der Waals surface area contributed by atoms with E-state index in [4.69, 9.17) is 4.74 Å². The van der Waals surface area contributed by atoms with Crippen molar-refractivity contribution in [3.05, 3.63) is 120 Å². The summed E-state index contributed by atoms with van der Waals surface area (Å²) in [4.78, 5) is 24.1. The molecule has 0 unspecified atom stereocenters. The fourth-order valence-electron chi connectivity index (χ4n) is 6.13. The first kappa shape index (κ1) is 24.0. The highest BCUT2D eigenvalue weighted by Crippen LogP contribution is 2.57. The number of rotatable bonds is 7. The van der Waals surface area contributed by atoms with Crippen molar-refractivity contribution in [1.82, 2.24) is 0 Å². The predicted molar refractivity (Wildman–Crippen MR) is 147 cm³/mol. The lowest BCUT2D eigenvalue weighted by Gasteiger charge is -2.50. The Kier molecular flexibility index (Phi) is 6.42. The van der Waals surface area contributed by atoms with Gasteiger partial charge >= 0.3 is 5.97 Å². The molecule has 0 radical (unpaired) electrons. The molecule has 4 aromatic carbocycles. The topological polar surface area (TPSA) is 75.6 Å². The highest BCUT2D eigenvalue weighted by Gasteiger charge is 2.55. The lowest BCUT2D eigenvalue weighted by molar-refractivity contribution is -0.150. The minimum atomic E-state index is -0.769. The van der Waals surface area contributed by atoms with Gasteiger partial charge < -0.3 is 15.2 Å². The van der Waals surface area contributed by atoms with E-state index >= 15 is 0 Å². The van der Waals surface area contributed by atoms with Crippen molar-refractivity contribution < 1.29 is 19.4 Å². The molecule has 0 spiro atoms. The number of benzene rings is 4. The number of amides is 1. The fourth-order valence-corrected chi connectivity index (χ4v) is 6.13. The number of hydrogen-bond acceptors (Lipinski definition) is 3. The minimum absolute atomic E-state index is 0.0249. The molecule has 5 nitrogen and oxygen atoms in total. The van der Waals surface area contributed by atoms with Gasteiger partial charge in [-0.3, -0.25) is 9.59 Å². The maximum atomic E-state index is 12.4. The van der Waals surface area contributed by atoms with Crippen molar-refractivity contribution >= 4 is 17.6 Å². The molecule has 1 aliphatic carbocycles. The van der Waals surface area contributed by atoms with Crippen molar-refractivity contribution in [2.24, 2.45) is 11.8 Å². The Morgan fingerprint density at radius 1 is 0.789 bits per heavy atom. The molecule has 2 aliphatic rings. The van der Waals surface area contributed by atoms with Crippen molar-refractivity contribution in [3.63, 3.8) is 0 Å². The summed E-state index contributed by atoms with van der Waals surface area (Å²) >= 11 is 0. The second kappa shape index (κ2) is 10.2. The second-order valence-electron chi connectivity index (χ2n) is 10.2. The predicted octanol–water partition coefficient (Wildman–Crippen LogP) is 6.52. The average molecular weight is 504 g/mol. The number of carbonyl (C=O) groups is 2. The van der Waals surface area contributed by atoms with E-state index in [9.17, 15) is 14.7 Å². The van der Waals surface area contributed by atoms with Crippen molar-refractivity contribution in [2.75, 3.05) is 11.9 Å². The zero-order valence-corrected chi connectivity index (χ0v) is 20.9. The van der Waals surface area contributed by atoms with Crippen molar-refractivity contribution in [1.29, 1.82) is 0 Å². The van der Waals surface area contributed by atoms with Gasteiger partial charge in [-0.15, -0.1) is 0 Å². The van der Waals surface area contributed by atoms with E-state index < -0.39 is 11.9 Å². The summed E-state index contributed by atoms with van der Waals surface area (Å²) in [6.45, 7) is 0.419. The number of carboxylic acids is 1. The third kappa shape index (κ3) is 4.56. The van der Waals surface area contributed by atoms with Crippen LogP contribution in [0.5, 0.6) is 5.75 Å². The lowest BCUT2D eigenvalue weighted by atomic mass is 9.53. The Morgan fingerprint density at radius 3 is 2.11 bits per heavy atom. The zero-order valence-electron chi connectivity index (χ0n) is 20.9. The van der Waals surface area contributed by atoms with Gasteiger partial charge in [0.25, 0.3) is 0 Å². The van der Waals surface area contributed by atoms with Gasteiger partial charge in [-0.25, -0.2) is 0 Å². The molecule has 1 aliphatic heterocycles. The van der Waals surface area contributed by atoms with Gasteiger partial charge in [0.2, 0.25) is 5.91 Å². The third-order valence-corrected chi connectivity index (χ3v) is 7.96. The third-order valence-electron chi connectivity index (χ3n) is 7.96. The van der Waals surface area contributed by atoms with Crippen LogP contribution in [-0.2, 0) is 16.0 Å². The largest absolute Gasteiger partial charge is 0.493 e. The van der Waals surface area contributed by atoms with E-state index in [0.717, 1.165) is 45.7 Å². The molecule has 5 heteroatoms. The second-order valence-corrected chi connectivity index (χ2v) is 10.2. The number of fused-ring (bicyclic) bond motifs is 1. The molecule has 2 N–H and O–H groups in total. The Morgan fingerprint density at radius 2 is 1.45 bits per heavy atom. The smallest absolute Gasteiger partial charge is 0.307 e. The van der Waals surface area contributed by atoms with E-state index in [-0.39, 0.29) is 23.7 Å². The molecular weight excluding hydrogens is 474 g/mol. The van der Waals surface area contributed by atoms with Gasteiger partial charge in [-0.2, -0.15) is 0 Å². The summed E-state index contributed by atoms with van der Waals surface area (Å²) in [7, 11) is 0. The van der Waals surface area contributed by atoms with E-state index in [1.807, 2.05) is 91.0 Å². The van der Waals surface area contributed by atoms with Crippen LogP contribution in [0, 0.1) is 11.8 Å². The molecule has 2 atom stereocenters. The van der Waals surface area contributed by atoms with E-state index in [1.54, 1.807) is 0 Å². The number of anilines is 1. The number of hydrogen-bond donors (Lipinski definition) is 2. The molecule has 190 valence electrons. The van der Waals surface area contributed by atoms with Crippen LogP contribution in [0.25, 0.3) is 11.1 Å². The SMILES string of the molecule is O=C1CCc2cc(-c3cccc(OC[C@H]4[C@H](c5ccccc5)[C@H](C(=O)O)[C@H]4c4ccccc4)c3)ccc2N1. The van der Waals surface area contributed by atoms with Crippen LogP contribution in [0.4, 0.5) is 5.69 Å². The van der Waals surface area contributed by atoms with Gasteiger partial charge in [0, 0.05) is 29.9 Å². The van der Waals surface area contributed by atoms with Crippen LogP contribution in [0.2, 0.25) is 0 Å². The Balaban J connectivity index is 1.26. The number of carbonyl (C=O) groups excluding carboxylic acids is 1. The van der Waals surface area contributed by atoms with Crippen LogP contribution in [-0.4, -0.2) is 23.6 Å². The summed E-state index contributed by atoms with van der Waals surface area (Å²) in [6.07, 6.45) is 1.24. The quantitative estimate of drug-likeness (QED) is 0.301. The molecule has 1 saturated carbocycles. The summed E-state index contributed by atoms with van der Waals surface area (Å²) < 4.78 is 6.38. The molecular formula is C33H29NO4. The standard InChI is InChI=1S/C33H29NO4/c35-29-17-15-25-18-24(14-16-28(25)34-29)23-12-7-13-26(19-23)38-20-27-30(21-8-3-1-4-9-21)32(33(36)37)31(27)22-10-5-2-6-11-22/h1-14,16,18-19,27,30-32H,15,17,20H2,(H,34,35)(H,36,37)/t27-,30-,31-,32-/m0/s1. The molecule has 0 aromatic heterocycles. The monoisotopic (exact) mass is 503 g/mol. The van der Waals surface area contributed by atoms with Gasteiger partial charge in [0.15, 0.2) is 0 Å². The number of nitrogens with one attached hydrogen (secondary N) is 1. The maximum absolute atomic E-state index is 12.4. The zero-order chi connectivity index (χ0) is 26.1. The highest BCUT2D eigenvalue weighted by molar-refractivity contribution is 5.94. The summed E-state index contributed by atoms with van der Waals surface area (Å²) in [6, 6.07) is 34.0. The van der Waals surface area contributed by atoms with Crippen LogP contribution in [0.15, 0.2) is 103 Å². The van der Waals surface area contributed by atoms with Gasteiger partial charge in [-0.1, -0.05) is 78.9 Å². The minimum Gasteiger partial charge on any atom is -0.493 e. The van der Waals surface area contributed by atoms with Crippen LogP contribution < -0.4 is 10.1 Å². The first-order valence-corrected chi connectivity index (χ1v) is 13.1. The normalized spacial score (nSPS) is 22.1. The number of ether oxygens (including phenoxy) is 1. The summed E-state index contributed by atoms with van der Waals surface area (Å²) in [5.74, 6) is -0.687. The van der Waals surface area contributed by atoms with Crippen LogP contribution in [0.1, 0.15) is 34.9 Å².